The van der Waals surface area contributed by atoms with Crippen LogP contribution in [-0.4, -0.2) is 30.6 Å². The van der Waals surface area contributed by atoms with E-state index in [4.69, 9.17) is 9.47 Å². The number of fused-ring (bicyclic) bond motifs is 2. The molecule has 1 aliphatic heterocycles. The zero-order chi connectivity index (χ0) is 19.7. The molecule has 4 rings (SSSR count). The fourth-order valence-electron chi connectivity index (χ4n) is 3.12. The zero-order valence-electron chi connectivity index (χ0n) is 15.1. The maximum absolute atomic E-state index is 12.6. The summed E-state index contributed by atoms with van der Waals surface area (Å²) >= 11 is 1.34. The van der Waals surface area contributed by atoms with Gasteiger partial charge in [0.15, 0.2) is 6.10 Å². The first-order valence-electron chi connectivity index (χ1n) is 8.85. The first-order chi connectivity index (χ1) is 13.5. The van der Waals surface area contributed by atoms with Crippen LogP contribution in [0.15, 0.2) is 48.5 Å². The molecule has 3 aromatic rings. The number of anilines is 1. The van der Waals surface area contributed by atoms with Gasteiger partial charge in [-0.25, -0.2) is 9.59 Å². The van der Waals surface area contributed by atoms with Crippen LogP contribution in [-0.2, 0) is 20.7 Å². The molecule has 0 spiro atoms. The van der Waals surface area contributed by atoms with Crippen molar-refractivity contribution in [3.63, 3.8) is 0 Å². The number of hydrogen-bond acceptors (Lipinski definition) is 6. The Balaban J connectivity index is 1.51. The van der Waals surface area contributed by atoms with E-state index in [0.717, 1.165) is 15.6 Å². The van der Waals surface area contributed by atoms with Crippen LogP contribution in [0, 0.1) is 0 Å². The Kier molecular flexibility index (Phi) is 4.83. The summed E-state index contributed by atoms with van der Waals surface area (Å²) in [5.41, 5.74) is 1.87. The minimum absolute atomic E-state index is 0.317. The van der Waals surface area contributed by atoms with Crippen molar-refractivity contribution < 1.29 is 23.9 Å². The van der Waals surface area contributed by atoms with Gasteiger partial charge in [0.25, 0.3) is 5.91 Å². The highest BCUT2D eigenvalue weighted by molar-refractivity contribution is 7.20. The molecule has 0 radical (unpaired) electrons. The van der Waals surface area contributed by atoms with Gasteiger partial charge in [0.1, 0.15) is 4.88 Å². The van der Waals surface area contributed by atoms with E-state index in [1.807, 2.05) is 18.2 Å². The van der Waals surface area contributed by atoms with Crippen LogP contribution >= 0.6 is 11.3 Å². The van der Waals surface area contributed by atoms with Gasteiger partial charge < -0.3 is 14.8 Å². The molecule has 7 heteroatoms. The van der Waals surface area contributed by atoms with Gasteiger partial charge >= 0.3 is 11.9 Å². The number of cyclic esters (lactones) is 1. The van der Waals surface area contributed by atoms with Gasteiger partial charge in [-0.05, 0) is 48.2 Å². The van der Waals surface area contributed by atoms with Crippen LogP contribution in [0.2, 0.25) is 0 Å². The molecule has 0 unspecified atom stereocenters. The zero-order valence-corrected chi connectivity index (χ0v) is 15.9. The fraction of sp³-hybridized carbons (Fsp3) is 0.190. The Morgan fingerprint density at radius 3 is 2.86 bits per heavy atom. The van der Waals surface area contributed by atoms with Gasteiger partial charge in [-0.2, -0.15) is 0 Å². The molecule has 0 saturated carbocycles. The number of esters is 2. The number of amides is 1. The lowest BCUT2D eigenvalue weighted by Gasteiger charge is -2.23. The average molecular weight is 395 g/mol. The maximum atomic E-state index is 12.6. The summed E-state index contributed by atoms with van der Waals surface area (Å²) < 4.78 is 11.2. The largest absolute Gasteiger partial charge is 0.462 e. The Morgan fingerprint density at radius 2 is 2.04 bits per heavy atom. The highest BCUT2D eigenvalue weighted by Crippen LogP contribution is 2.29. The van der Waals surface area contributed by atoms with E-state index in [1.165, 1.54) is 11.3 Å². The van der Waals surface area contributed by atoms with Crippen LogP contribution < -0.4 is 5.32 Å². The van der Waals surface area contributed by atoms with Gasteiger partial charge in [-0.3, -0.25) is 4.79 Å². The average Bonchev–Trinajstić information content (AvgIpc) is 3.12. The number of nitrogens with one attached hydrogen (secondary N) is 1. The van der Waals surface area contributed by atoms with Gasteiger partial charge in [0.05, 0.1) is 12.2 Å². The smallest absolute Gasteiger partial charge is 0.348 e. The molecule has 2 aromatic carbocycles. The first kappa shape index (κ1) is 18.2. The van der Waals surface area contributed by atoms with Crippen molar-refractivity contribution in [3.05, 3.63) is 64.5 Å². The van der Waals surface area contributed by atoms with Crippen molar-refractivity contribution in [1.82, 2.24) is 0 Å². The molecule has 0 fully saturated rings. The normalized spacial score (nSPS) is 15.6. The molecule has 142 valence electrons. The summed E-state index contributed by atoms with van der Waals surface area (Å²) in [6, 6.07) is 14.2. The lowest BCUT2D eigenvalue weighted by atomic mass is 9.98. The summed E-state index contributed by atoms with van der Waals surface area (Å²) in [6.07, 6.45) is -0.544. The van der Waals surface area contributed by atoms with Crippen LogP contribution in [0.4, 0.5) is 5.69 Å². The number of hydrogen-bond donors (Lipinski definition) is 1. The quantitative estimate of drug-likeness (QED) is 0.680. The number of ether oxygens (including phenoxy) is 2. The van der Waals surface area contributed by atoms with Crippen molar-refractivity contribution in [1.29, 1.82) is 0 Å². The standard InChI is InChI=1S/C21H17NO5S/c1-2-26-21(25)18-11-13-9-14(7-8-17(13)28-18)22-19(23)16-10-12-5-3-4-6-15(12)20(24)27-16/h3-9,11,16H,2,10H2,1H3,(H,22,23)/t16-/m1/s1. The molecular weight excluding hydrogens is 378 g/mol. The number of rotatable bonds is 4. The Bertz CT molecular complexity index is 1090. The second-order valence-electron chi connectivity index (χ2n) is 6.33. The molecule has 0 saturated heterocycles. The molecule has 1 atom stereocenters. The van der Waals surface area contributed by atoms with Crippen LogP contribution in [0.5, 0.6) is 0 Å². The monoisotopic (exact) mass is 395 g/mol. The first-order valence-corrected chi connectivity index (χ1v) is 9.67. The number of thiophene rings is 1. The van der Waals surface area contributed by atoms with Gasteiger partial charge in [-0.1, -0.05) is 18.2 Å². The van der Waals surface area contributed by atoms with E-state index in [1.54, 1.807) is 37.3 Å². The summed E-state index contributed by atoms with van der Waals surface area (Å²) in [4.78, 5) is 37.1. The summed E-state index contributed by atoms with van der Waals surface area (Å²) in [5, 5.41) is 3.62. The third kappa shape index (κ3) is 3.48. The second kappa shape index (κ2) is 7.44. The van der Waals surface area contributed by atoms with Gasteiger partial charge in [-0.15, -0.1) is 11.3 Å². The molecule has 1 amide bonds. The van der Waals surface area contributed by atoms with E-state index in [9.17, 15) is 14.4 Å². The van der Waals surface area contributed by atoms with E-state index in [-0.39, 0.29) is 11.9 Å². The Labute approximate surface area is 165 Å². The minimum atomic E-state index is -0.879. The maximum Gasteiger partial charge on any atom is 0.348 e. The number of carbonyl (C=O) groups excluding carboxylic acids is 3. The second-order valence-corrected chi connectivity index (χ2v) is 7.41. The third-order valence-electron chi connectivity index (χ3n) is 4.44. The highest BCUT2D eigenvalue weighted by Gasteiger charge is 2.31. The van der Waals surface area contributed by atoms with Crippen molar-refractivity contribution in [2.75, 3.05) is 11.9 Å². The van der Waals surface area contributed by atoms with Crippen LogP contribution in [0.25, 0.3) is 10.1 Å². The predicted octanol–water partition coefficient (Wildman–Crippen LogP) is 3.80. The summed E-state index contributed by atoms with van der Waals surface area (Å²) in [5.74, 6) is -1.24. The van der Waals surface area contributed by atoms with Crippen LogP contribution in [0.3, 0.4) is 0 Å². The molecular formula is C21H17NO5S. The van der Waals surface area contributed by atoms with Crippen molar-refractivity contribution in [2.24, 2.45) is 0 Å². The minimum Gasteiger partial charge on any atom is -0.462 e. The van der Waals surface area contributed by atoms with Gasteiger partial charge in [0.2, 0.25) is 0 Å². The molecule has 1 N–H and O–H groups in total. The highest BCUT2D eigenvalue weighted by atomic mass is 32.1. The Morgan fingerprint density at radius 1 is 1.21 bits per heavy atom. The van der Waals surface area contributed by atoms with Gasteiger partial charge in [0, 0.05) is 16.8 Å². The molecule has 6 nitrogen and oxygen atoms in total. The molecule has 0 aliphatic carbocycles. The Hall–Kier alpha value is -3.19. The van der Waals surface area contributed by atoms with Crippen LogP contribution in [0.1, 0.15) is 32.5 Å². The molecule has 0 bridgehead atoms. The SMILES string of the molecule is CCOC(=O)c1cc2cc(NC(=O)[C@H]3Cc4ccccc4C(=O)O3)ccc2s1. The van der Waals surface area contributed by atoms with E-state index < -0.39 is 12.1 Å². The number of carbonyl (C=O) groups is 3. The summed E-state index contributed by atoms with van der Waals surface area (Å²) in [7, 11) is 0. The van der Waals surface area contributed by atoms with Crippen molar-refractivity contribution in [2.45, 2.75) is 19.4 Å². The molecule has 28 heavy (non-hydrogen) atoms. The van der Waals surface area contributed by atoms with E-state index >= 15 is 0 Å². The lowest BCUT2D eigenvalue weighted by Crippen LogP contribution is -2.37. The topological polar surface area (TPSA) is 81.7 Å². The van der Waals surface area contributed by atoms with E-state index in [0.29, 0.717) is 29.2 Å². The van der Waals surface area contributed by atoms with Crippen molar-refractivity contribution >= 4 is 45.0 Å². The number of benzene rings is 2. The van der Waals surface area contributed by atoms with Crippen molar-refractivity contribution in [3.8, 4) is 0 Å². The predicted molar refractivity (Wildman–Crippen MR) is 106 cm³/mol. The molecule has 1 aliphatic rings. The van der Waals surface area contributed by atoms with E-state index in [2.05, 4.69) is 5.32 Å². The lowest BCUT2D eigenvalue weighted by molar-refractivity contribution is -0.125. The molecule has 1 aromatic heterocycles. The summed E-state index contributed by atoms with van der Waals surface area (Å²) in [6.45, 7) is 2.08. The third-order valence-corrected chi connectivity index (χ3v) is 5.54. The fourth-order valence-corrected chi connectivity index (χ4v) is 4.06. The molecule has 2 heterocycles.